The highest BCUT2D eigenvalue weighted by Crippen LogP contribution is 2.55. The molecule has 2 aromatic carbocycles. The van der Waals surface area contributed by atoms with Gasteiger partial charge in [0.2, 0.25) is 0 Å². The number of methoxy groups -OCH3 is 1. The fraction of sp³-hybridized carbons (Fsp3) is 0.500. The van der Waals surface area contributed by atoms with Gasteiger partial charge in [-0.15, -0.1) is 0 Å². The van der Waals surface area contributed by atoms with E-state index in [1.807, 2.05) is 31.2 Å². The molecule has 7 rings (SSSR count). The van der Waals surface area contributed by atoms with E-state index >= 15 is 0 Å². The summed E-state index contributed by atoms with van der Waals surface area (Å²) < 4.78 is 17.5. The normalized spacial score (nSPS) is 28.5. The number of aromatic amines is 1. The number of H-pyrrole nitrogens is 1. The maximum atomic E-state index is 14.0. The van der Waals surface area contributed by atoms with Gasteiger partial charge in [0, 0.05) is 42.3 Å². The van der Waals surface area contributed by atoms with Crippen molar-refractivity contribution in [2.45, 2.75) is 50.7 Å². The molecule has 5 atom stereocenters. The summed E-state index contributed by atoms with van der Waals surface area (Å²) in [6.07, 6.45) is 3.88. The standard InChI is InChI=1S/C30H36N2O4/c1-3-36-29(33)30-17-21-15-22(12-14-35-19-20-7-5-4-6-8-20)28(30)32(18-21)13-11-24-25-16-23(34-2)9-10-26(25)31-27(24)30/h4-10,16,21-22,28,31H,3,11-15,17-19H2,1-2H3/t21-,22?,28?,30?/m1/s1. The predicted molar refractivity (Wildman–Crippen MR) is 139 cm³/mol. The lowest BCUT2D eigenvalue weighted by Crippen LogP contribution is -2.67. The van der Waals surface area contributed by atoms with Gasteiger partial charge in [-0.3, -0.25) is 9.69 Å². The number of rotatable bonds is 8. The van der Waals surface area contributed by atoms with Crippen LogP contribution in [0.4, 0.5) is 0 Å². The summed E-state index contributed by atoms with van der Waals surface area (Å²) in [4.78, 5) is 20.3. The number of esters is 1. The second kappa shape index (κ2) is 9.56. The summed E-state index contributed by atoms with van der Waals surface area (Å²) in [7, 11) is 1.70. The van der Waals surface area contributed by atoms with Gasteiger partial charge >= 0.3 is 5.97 Å². The molecule has 2 saturated heterocycles. The molecule has 6 heteroatoms. The minimum absolute atomic E-state index is 0.0683. The van der Waals surface area contributed by atoms with Crippen LogP contribution < -0.4 is 4.74 Å². The van der Waals surface area contributed by atoms with Gasteiger partial charge < -0.3 is 19.2 Å². The van der Waals surface area contributed by atoms with Gasteiger partial charge in [-0.05, 0) is 73.8 Å². The molecule has 190 valence electrons. The monoisotopic (exact) mass is 488 g/mol. The molecular formula is C30H36N2O4. The van der Waals surface area contributed by atoms with Gasteiger partial charge in [0.05, 0.1) is 20.3 Å². The maximum Gasteiger partial charge on any atom is 0.319 e. The summed E-state index contributed by atoms with van der Waals surface area (Å²) in [5, 5.41) is 1.17. The molecule has 3 aliphatic heterocycles. The molecule has 4 bridgehead atoms. The summed E-state index contributed by atoms with van der Waals surface area (Å²) in [5.41, 5.74) is 3.94. The van der Waals surface area contributed by atoms with E-state index in [1.54, 1.807) is 7.11 Å². The van der Waals surface area contributed by atoms with Crippen LogP contribution in [0.3, 0.4) is 0 Å². The molecule has 3 aromatic rings. The molecule has 0 amide bonds. The predicted octanol–water partition coefficient (Wildman–Crippen LogP) is 4.85. The average molecular weight is 489 g/mol. The fourth-order valence-corrected chi connectivity index (χ4v) is 7.38. The number of hydrogen-bond donors (Lipinski definition) is 1. The topological polar surface area (TPSA) is 63.8 Å². The lowest BCUT2D eigenvalue weighted by molar-refractivity contribution is -0.165. The number of hydrogen-bond acceptors (Lipinski definition) is 5. The van der Waals surface area contributed by atoms with Crippen molar-refractivity contribution in [3.8, 4) is 5.75 Å². The second-order valence-electron chi connectivity index (χ2n) is 10.7. The lowest BCUT2D eigenvalue weighted by Gasteiger charge is -2.58. The van der Waals surface area contributed by atoms with Crippen molar-refractivity contribution in [1.29, 1.82) is 0 Å². The van der Waals surface area contributed by atoms with Crippen LogP contribution in [0.2, 0.25) is 0 Å². The van der Waals surface area contributed by atoms with E-state index in [9.17, 15) is 4.79 Å². The number of carbonyl (C=O) groups is 1. The van der Waals surface area contributed by atoms with Crippen LogP contribution in [0.25, 0.3) is 10.9 Å². The zero-order chi connectivity index (χ0) is 24.7. The highest BCUT2D eigenvalue weighted by Gasteiger charge is 2.63. The molecule has 3 fully saturated rings. The molecule has 0 radical (unpaired) electrons. The molecule has 4 aliphatic rings. The largest absolute Gasteiger partial charge is 0.497 e. The van der Waals surface area contributed by atoms with Gasteiger partial charge in [-0.25, -0.2) is 0 Å². The molecule has 1 aromatic heterocycles. The minimum atomic E-state index is -0.667. The third-order valence-electron chi connectivity index (χ3n) is 8.68. The smallest absolute Gasteiger partial charge is 0.319 e. The Morgan fingerprint density at radius 2 is 2.06 bits per heavy atom. The van der Waals surface area contributed by atoms with Crippen LogP contribution in [-0.2, 0) is 32.7 Å². The quantitative estimate of drug-likeness (QED) is 0.363. The number of nitrogens with zero attached hydrogens (tertiary/aromatic N) is 1. The van der Waals surface area contributed by atoms with E-state index in [2.05, 4.69) is 34.1 Å². The Hall–Kier alpha value is -2.83. The van der Waals surface area contributed by atoms with Crippen LogP contribution in [-0.4, -0.2) is 55.3 Å². The first-order valence-corrected chi connectivity index (χ1v) is 13.4. The molecule has 6 nitrogen and oxygen atoms in total. The summed E-state index contributed by atoms with van der Waals surface area (Å²) in [6.45, 7) is 5.66. The zero-order valence-electron chi connectivity index (χ0n) is 21.3. The third-order valence-corrected chi connectivity index (χ3v) is 8.68. The van der Waals surface area contributed by atoms with E-state index in [0.717, 1.165) is 55.7 Å². The van der Waals surface area contributed by atoms with Gasteiger partial charge in [-0.1, -0.05) is 30.3 Å². The molecule has 1 saturated carbocycles. The first-order valence-electron chi connectivity index (χ1n) is 13.4. The number of fused-ring (bicyclic) bond motifs is 4. The molecule has 1 aliphatic carbocycles. The highest BCUT2D eigenvalue weighted by molar-refractivity contribution is 5.92. The van der Waals surface area contributed by atoms with Gasteiger partial charge in [0.25, 0.3) is 0 Å². The van der Waals surface area contributed by atoms with Crippen molar-refractivity contribution < 1.29 is 19.0 Å². The Balaban J connectivity index is 1.35. The van der Waals surface area contributed by atoms with E-state index in [0.29, 0.717) is 31.7 Å². The Labute approximate surface area is 212 Å². The Kier molecular flexibility index (Phi) is 6.26. The van der Waals surface area contributed by atoms with Crippen molar-refractivity contribution in [2.24, 2.45) is 11.8 Å². The average Bonchev–Trinajstić information content (AvgIpc) is 3.24. The van der Waals surface area contributed by atoms with Crippen LogP contribution in [0.5, 0.6) is 5.75 Å². The fourth-order valence-electron chi connectivity index (χ4n) is 7.38. The molecule has 0 spiro atoms. The van der Waals surface area contributed by atoms with E-state index in [1.165, 1.54) is 16.5 Å². The van der Waals surface area contributed by atoms with Crippen LogP contribution in [0.15, 0.2) is 48.5 Å². The van der Waals surface area contributed by atoms with Crippen molar-refractivity contribution in [3.05, 3.63) is 65.4 Å². The van der Waals surface area contributed by atoms with Crippen molar-refractivity contribution >= 4 is 16.9 Å². The number of aromatic nitrogens is 1. The van der Waals surface area contributed by atoms with E-state index < -0.39 is 5.41 Å². The molecular weight excluding hydrogens is 452 g/mol. The van der Waals surface area contributed by atoms with Crippen molar-refractivity contribution in [1.82, 2.24) is 9.88 Å². The van der Waals surface area contributed by atoms with E-state index in [-0.39, 0.29) is 12.0 Å². The summed E-state index contributed by atoms with van der Waals surface area (Å²) >= 11 is 0. The number of nitrogens with one attached hydrogen (secondary N) is 1. The van der Waals surface area contributed by atoms with E-state index in [4.69, 9.17) is 14.2 Å². The molecule has 36 heavy (non-hydrogen) atoms. The van der Waals surface area contributed by atoms with Crippen molar-refractivity contribution in [2.75, 3.05) is 33.4 Å². The Bertz CT molecular complexity index is 1240. The number of carbonyl (C=O) groups excluding carboxylic acids is 1. The minimum Gasteiger partial charge on any atom is -0.497 e. The molecule has 1 N–H and O–H groups in total. The Morgan fingerprint density at radius 1 is 1.19 bits per heavy atom. The van der Waals surface area contributed by atoms with Gasteiger partial charge in [0.1, 0.15) is 11.2 Å². The Morgan fingerprint density at radius 3 is 2.86 bits per heavy atom. The number of benzene rings is 2. The van der Waals surface area contributed by atoms with Crippen LogP contribution in [0, 0.1) is 11.8 Å². The van der Waals surface area contributed by atoms with Crippen LogP contribution >= 0.6 is 0 Å². The number of ether oxygens (including phenoxy) is 3. The highest BCUT2D eigenvalue weighted by atomic mass is 16.5. The second-order valence-corrected chi connectivity index (χ2v) is 10.7. The first kappa shape index (κ1) is 23.6. The lowest BCUT2D eigenvalue weighted by atomic mass is 9.56. The third kappa shape index (κ3) is 3.82. The van der Waals surface area contributed by atoms with Crippen LogP contribution in [0.1, 0.15) is 43.0 Å². The molecule has 4 unspecified atom stereocenters. The van der Waals surface area contributed by atoms with Crippen molar-refractivity contribution in [3.63, 3.8) is 0 Å². The first-order chi connectivity index (χ1) is 17.6. The molecule has 4 heterocycles. The summed E-state index contributed by atoms with van der Waals surface area (Å²) in [5.74, 6) is 1.65. The van der Waals surface area contributed by atoms with Gasteiger partial charge in [-0.2, -0.15) is 0 Å². The van der Waals surface area contributed by atoms with Gasteiger partial charge in [0.15, 0.2) is 0 Å². The SMILES string of the molecule is CCOC(=O)C12C[C@H]3CC(CCOCc4ccccc4)C1N(CCc1c2[nH]c2ccc(OC)cc12)C3. The zero-order valence-corrected chi connectivity index (χ0v) is 21.3. The maximum absolute atomic E-state index is 14.0. The summed E-state index contributed by atoms with van der Waals surface area (Å²) in [6, 6.07) is 16.6. The number of piperidine rings is 2.